The van der Waals surface area contributed by atoms with Gasteiger partial charge in [0.1, 0.15) is 11.6 Å². The smallest absolute Gasteiger partial charge is 0.204 e. The van der Waals surface area contributed by atoms with Gasteiger partial charge in [-0.05, 0) is 48.9 Å². The first kappa shape index (κ1) is 14.0. The van der Waals surface area contributed by atoms with E-state index in [0.717, 1.165) is 11.3 Å². The lowest BCUT2D eigenvalue weighted by Gasteiger charge is -2.29. The van der Waals surface area contributed by atoms with E-state index in [1.807, 2.05) is 24.0 Å². The molecule has 2 N–H and O–H groups in total. The summed E-state index contributed by atoms with van der Waals surface area (Å²) in [6.07, 6.45) is 0.304. The second-order valence-corrected chi connectivity index (χ2v) is 6.06. The fourth-order valence-corrected chi connectivity index (χ4v) is 3.23. The quantitative estimate of drug-likeness (QED) is 0.849. The van der Waals surface area contributed by atoms with E-state index in [-0.39, 0.29) is 11.5 Å². The van der Waals surface area contributed by atoms with Gasteiger partial charge in [-0.25, -0.2) is 4.99 Å². The monoisotopic (exact) mass is 308 g/mol. The van der Waals surface area contributed by atoms with E-state index in [1.54, 1.807) is 30.3 Å². The minimum atomic E-state index is -1.57. The van der Waals surface area contributed by atoms with Gasteiger partial charge in [0.15, 0.2) is 5.60 Å². The number of rotatable bonds is 1. The van der Waals surface area contributed by atoms with Gasteiger partial charge in [0.2, 0.25) is 5.78 Å². The first-order valence-electron chi connectivity index (χ1n) is 7.52. The Morgan fingerprint density at radius 1 is 1.17 bits per heavy atom. The third-order valence-corrected chi connectivity index (χ3v) is 4.48. The Bertz CT molecular complexity index is 842. The average molecular weight is 308 g/mol. The predicted octanol–water partition coefficient (Wildman–Crippen LogP) is 2.57. The van der Waals surface area contributed by atoms with Gasteiger partial charge < -0.3 is 15.1 Å². The maximum absolute atomic E-state index is 12.8. The molecule has 0 bridgehead atoms. The third-order valence-electron chi connectivity index (χ3n) is 4.48. The van der Waals surface area contributed by atoms with Gasteiger partial charge >= 0.3 is 0 Å². The second kappa shape index (κ2) is 4.67. The maximum Gasteiger partial charge on any atom is 0.204 e. The number of carbonyl (C=O) groups excluding carboxylic acids is 1. The van der Waals surface area contributed by atoms with Gasteiger partial charge in [0.25, 0.3) is 0 Å². The number of nitrogens with zero attached hydrogens (tertiary/aromatic N) is 2. The number of hydrogen-bond acceptors (Lipinski definition) is 5. The van der Waals surface area contributed by atoms with Gasteiger partial charge in [0, 0.05) is 24.2 Å². The standard InChI is InChI=1S/C18H16N2O3/c1-11-2-7-14-15(10-11)19-17-18(23,16(14)22)8-9-20(17)12-3-5-13(21)6-4-12/h2-7,10,21,23H,8-9H2,1H3. The molecule has 1 saturated heterocycles. The second-order valence-electron chi connectivity index (χ2n) is 6.06. The van der Waals surface area contributed by atoms with Crippen LogP contribution in [-0.4, -0.2) is 34.0 Å². The summed E-state index contributed by atoms with van der Waals surface area (Å²) in [5, 5.41) is 20.3. The summed E-state index contributed by atoms with van der Waals surface area (Å²) in [5.41, 5.74) is 1.30. The fourth-order valence-electron chi connectivity index (χ4n) is 3.23. The fraction of sp³-hybridized carbons (Fsp3) is 0.222. The zero-order chi connectivity index (χ0) is 16.2. The minimum Gasteiger partial charge on any atom is -0.508 e. The van der Waals surface area contributed by atoms with Crippen LogP contribution in [0, 0.1) is 6.92 Å². The van der Waals surface area contributed by atoms with Crippen molar-refractivity contribution in [3.05, 3.63) is 53.6 Å². The van der Waals surface area contributed by atoms with E-state index in [4.69, 9.17) is 0 Å². The van der Waals surface area contributed by atoms with E-state index in [0.29, 0.717) is 30.1 Å². The summed E-state index contributed by atoms with van der Waals surface area (Å²) >= 11 is 0. The molecule has 4 rings (SSSR count). The molecule has 2 aromatic carbocycles. The zero-order valence-corrected chi connectivity index (χ0v) is 12.7. The highest BCUT2D eigenvalue weighted by molar-refractivity contribution is 6.28. The summed E-state index contributed by atoms with van der Waals surface area (Å²) in [7, 11) is 0. The number of aliphatic imine (C=N–C) groups is 1. The Labute approximate surface area is 133 Å². The number of amidine groups is 1. The summed E-state index contributed by atoms with van der Waals surface area (Å²) in [6, 6.07) is 12.1. The van der Waals surface area contributed by atoms with Gasteiger partial charge in [-0.3, -0.25) is 4.79 Å². The summed E-state index contributed by atoms with van der Waals surface area (Å²) in [6.45, 7) is 2.44. The number of anilines is 1. The number of benzene rings is 2. The lowest BCUT2D eigenvalue weighted by molar-refractivity contribution is 0.0602. The number of hydrogen-bond donors (Lipinski definition) is 2. The molecular weight excluding hydrogens is 292 g/mol. The third kappa shape index (κ3) is 1.97. The van der Waals surface area contributed by atoms with Gasteiger partial charge in [-0.2, -0.15) is 0 Å². The molecule has 0 amide bonds. The number of fused-ring (bicyclic) bond motifs is 2. The normalized spacial score (nSPS) is 22.6. The Hall–Kier alpha value is -2.66. The van der Waals surface area contributed by atoms with Crippen LogP contribution < -0.4 is 4.90 Å². The van der Waals surface area contributed by atoms with Crippen molar-refractivity contribution in [2.45, 2.75) is 18.9 Å². The topological polar surface area (TPSA) is 73.1 Å². The van der Waals surface area contributed by atoms with Crippen molar-refractivity contribution in [2.24, 2.45) is 4.99 Å². The van der Waals surface area contributed by atoms with Crippen LogP contribution in [0.1, 0.15) is 22.3 Å². The van der Waals surface area contributed by atoms with Crippen LogP contribution in [0.25, 0.3) is 0 Å². The highest BCUT2D eigenvalue weighted by Crippen LogP contribution is 2.39. The molecule has 5 nitrogen and oxygen atoms in total. The van der Waals surface area contributed by atoms with Crippen LogP contribution in [0.15, 0.2) is 47.5 Å². The molecule has 2 aliphatic heterocycles. The first-order chi connectivity index (χ1) is 11.0. The molecule has 0 spiro atoms. The number of phenolic OH excluding ortho intramolecular Hbond substituents is 1. The summed E-state index contributed by atoms with van der Waals surface area (Å²) in [4.78, 5) is 19.2. The lowest BCUT2D eigenvalue weighted by Crippen LogP contribution is -2.48. The molecular formula is C18H16N2O3. The Balaban J connectivity index is 1.86. The molecule has 5 heteroatoms. The van der Waals surface area contributed by atoms with E-state index >= 15 is 0 Å². The number of aryl methyl sites for hydroxylation is 1. The lowest BCUT2D eigenvalue weighted by atomic mass is 9.87. The van der Waals surface area contributed by atoms with Crippen molar-refractivity contribution in [3.63, 3.8) is 0 Å². The Morgan fingerprint density at radius 2 is 1.91 bits per heavy atom. The van der Waals surface area contributed by atoms with Crippen LogP contribution in [-0.2, 0) is 0 Å². The first-order valence-corrected chi connectivity index (χ1v) is 7.52. The zero-order valence-electron chi connectivity index (χ0n) is 12.7. The highest BCUT2D eigenvalue weighted by atomic mass is 16.3. The molecule has 2 aliphatic rings. The summed E-state index contributed by atoms with van der Waals surface area (Å²) < 4.78 is 0. The molecule has 23 heavy (non-hydrogen) atoms. The predicted molar refractivity (Wildman–Crippen MR) is 87.6 cm³/mol. The van der Waals surface area contributed by atoms with Crippen molar-refractivity contribution in [1.82, 2.24) is 0 Å². The Morgan fingerprint density at radius 3 is 2.65 bits per heavy atom. The molecule has 0 radical (unpaired) electrons. The molecule has 2 heterocycles. The van der Waals surface area contributed by atoms with E-state index in [2.05, 4.69) is 4.99 Å². The van der Waals surface area contributed by atoms with Gasteiger partial charge in [-0.1, -0.05) is 6.07 Å². The highest BCUT2D eigenvalue weighted by Gasteiger charge is 2.52. The van der Waals surface area contributed by atoms with Crippen molar-refractivity contribution in [3.8, 4) is 5.75 Å². The van der Waals surface area contributed by atoms with Crippen molar-refractivity contribution in [2.75, 3.05) is 11.4 Å². The number of Topliss-reactive ketones (excluding diaryl/α,β-unsaturated/α-hetero) is 1. The number of aliphatic hydroxyl groups is 1. The molecule has 1 unspecified atom stereocenters. The molecule has 2 aromatic rings. The summed E-state index contributed by atoms with van der Waals surface area (Å²) in [5.74, 6) is 0.246. The van der Waals surface area contributed by atoms with Gasteiger partial charge in [0.05, 0.1) is 5.69 Å². The van der Waals surface area contributed by atoms with Crippen LogP contribution >= 0.6 is 0 Å². The van der Waals surface area contributed by atoms with Crippen LogP contribution in [0.4, 0.5) is 11.4 Å². The van der Waals surface area contributed by atoms with Gasteiger partial charge in [-0.15, -0.1) is 0 Å². The van der Waals surface area contributed by atoms with E-state index in [1.165, 1.54) is 0 Å². The maximum atomic E-state index is 12.8. The number of aromatic hydroxyl groups is 1. The largest absolute Gasteiger partial charge is 0.508 e. The average Bonchev–Trinajstić information content (AvgIpc) is 2.87. The van der Waals surface area contributed by atoms with E-state index < -0.39 is 5.60 Å². The van der Waals surface area contributed by atoms with Crippen LogP contribution in [0.5, 0.6) is 5.75 Å². The SMILES string of the molecule is Cc1ccc2c(c1)N=C1N(c3ccc(O)cc3)CCC1(O)C2=O. The number of phenols is 1. The van der Waals surface area contributed by atoms with E-state index in [9.17, 15) is 15.0 Å². The van der Waals surface area contributed by atoms with Crippen molar-refractivity contribution in [1.29, 1.82) is 0 Å². The minimum absolute atomic E-state index is 0.172. The molecule has 1 fully saturated rings. The molecule has 0 aliphatic carbocycles. The molecule has 0 aromatic heterocycles. The Kier molecular flexibility index (Phi) is 2.83. The van der Waals surface area contributed by atoms with Crippen LogP contribution in [0.2, 0.25) is 0 Å². The number of carbonyl (C=O) groups is 1. The number of ketones is 1. The van der Waals surface area contributed by atoms with Crippen LogP contribution in [0.3, 0.4) is 0 Å². The van der Waals surface area contributed by atoms with Crippen molar-refractivity contribution >= 4 is 23.0 Å². The van der Waals surface area contributed by atoms with Crippen molar-refractivity contribution < 1.29 is 15.0 Å². The molecule has 1 atom stereocenters. The molecule has 116 valence electrons. The molecule has 0 saturated carbocycles.